The molecule has 152 valence electrons. The minimum Gasteiger partial charge on any atom is -0.497 e. The van der Waals surface area contributed by atoms with Crippen molar-refractivity contribution in [3.8, 4) is 17.1 Å². The molecule has 2 heterocycles. The third-order valence-corrected chi connectivity index (χ3v) is 4.34. The molecular weight excluding hydrogens is 376 g/mol. The summed E-state index contributed by atoms with van der Waals surface area (Å²) >= 11 is 0. The van der Waals surface area contributed by atoms with Gasteiger partial charge in [0.1, 0.15) is 28.2 Å². The van der Waals surface area contributed by atoms with E-state index in [0.717, 1.165) is 0 Å². The molecule has 3 rings (SSSR count). The molecule has 1 aromatic carbocycles. The Balaban J connectivity index is 1.95. The van der Waals surface area contributed by atoms with Crippen molar-refractivity contribution < 1.29 is 23.2 Å². The second kappa shape index (κ2) is 8.64. The van der Waals surface area contributed by atoms with E-state index in [0.29, 0.717) is 40.5 Å². The first-order valence-corrected chi connectivity index (χ1v) is 9.10. The lowest BCUT2D eigenvalue weighted by atomic mass is 10.0. The average molecular weight is 398 g/mol. The lowest BCUT2D eigenvalue weighted by molar-refractivity contribution is -0.121. The molecule has 0 saturated heterocycles. The normalized spacial score (nSPS) is 10.7. The largest absolute Gasteiger partial charge is 0.497 e. The lowest BCUT2D eigenvalue weighted by Gasteiger charge is -2.07. The number of furan rings is 1. The van der Waals surface area contributed by atoms with Gasteiger partial charge >= 0.3 is 5.63 Å². The molecule has 8 nitrogen and oxygen atoms in total. The standard InChI is InChI=1S/C21H22N2O6/c1-12-10-17-19(21(26)28-12)16(11-18(25)23-9-8-22-13(2)24)20(29-17)14-4-6-15(27-3)7-5-14/h4-7,10H,8-9,11H2,1-3H3,(H,22,24)(H,23,25). The number of carbonyl (C=O) groups is 2. The third kappa shape index (κ3) is 4.66. The van der Waals surface area contributed by atoms with Gasteiger partial charge in [-0.05, 0) is 31.2 Å². The first-order valence-electron chi connectivity index (χ1n) is 9.10. The van der Waals surface area contributed by atoms with E-state index in [9.17, 15) is 14.4 Å². The van der Waals surface area contributed by atoms with Crippen LogP contribution in [-0.2, 0) is 16.0 Å². The molecule has 0 saturated carbocycles. The van der Waals surface area contributed by atoms with Crippen molar-refractivity contribution in [1.29, 1.82) is 0 Å². The highest BCUT2D eigenvalue weighted by Crippen LogP contribution is 2.33. The molecule has 0 spiro atoms. The van der Waals surface area contributed by atoms with E-state index in [1.54, 1.807) is 44.4 Å². The summed E-state index contributed by atoms with van der Waals surface area (Å²) < 4.78 is 16.3. The van der Waals surface area contributed by atoms with Gasteiger partial charge in [-0.3, -0.25) is 9.59 Å². The molecule has 0 radical (unpaired) electrons. The quantitative estimate of drug-likeness (QED) is 0.590. The summed E-state index contributed by atoms with van der Waals surface area (Å²) in [5.74, 6) is 1.06. The van der Waals surface area contributed by atoms with Crippen molar-refractivity contribution in [1.82, 2.24) is 10.6 Å². The Morgan fingerprint density at radius 2 is 1.76 bits per heavy atom. The van der Waals surface area contributed by atoms with Crippen molar-refractivity contribution in [2.45, 2.75) is 20.3 Å². The predicted molar refractivity (Wildman–Crippen MR) is 107 cm³/mol. The van der Waals surface area contributed by atoms with E-state index in [2.05, 4.69) is 10.6 Å². The summed E-state index contributed by atoms with van der Waals surface area (Å²) in [4.78, 5) is 35.8. The van der Waals surface area contributed by atoms with Crippen LogP contribution in [0.5, 0.6) is 5.75 Å². The number of rotatable bonds is 7. The summed E-state index contributed by atoms with van der Waals surface area (Å²) in [6, 6.07) is 8.76. The fourth-order valence-corrected chi connectivity index (χ4v) is 3.03. The molecule has 2 N–H and O–H groups in total. The summed E-state index contributed by atoms with van der Waals surface area (Å²) in [5, 5.41) is 5.57. The van der Waals surface area contributed by atoms with Gasteiger partial charge < -0.3 is 24.2 Å². The summed E-state index contributed by atoms with van der Waals surface area (Å²) in [6.45, 7) is 3.66. The van der Waals surface area contributed by atoms with E-state index < -0.39 is 5.63 Å². The van der Waals surface area contributed by atoms with E-state index in [1.807, 2.05) is 0 Å². The molecule has 2 amide bonds. The molecule has 3 aromatic rings. The highest BCUT2D eigenvalue weighted by atomic mass is 16.5. The summed E-state index contributed by atoms with van der Waals surface area (Å²) in [7, 11) is 1.57. The van der Waals surface area contributed by atoms with Crippen LogP contribution in [0.25, 0.3) is 22.3 Å². The number of amides is 2. The van der Waals surface area contributed by atoms with Crippen LogP contribution in [0.2, 0.25) is 0 Å². The smallest absolute Gasteiger partial charge is 0.347 e. The SMILES string of the molecule is COc1ccc(-c2oc3cc(C)oc(=O)c3c2CC(=O)NCCNC(C)=O)cc1. The number of fused-ring (bicyclic) bond motifs is 1. The molecule has 8 heteroatoms. The van der Waals surface area contributed by atoms with Gasteiger partial charge in [0.2, 0.25) is 11.8 Å². The van der Waals surface area contributed by atoms with Crippen LogP contribution in [0.4, 0.5) is 0 Å². The Hall–Kier alpha value is -3.55. The summed E-state index contributed by atoms with van der Waals surface area (Å²) in [5.41, 5.74) is 0.978. The number of hydrogen-bond acceptors (Lipinski definition) is 6. The average Bonchev–Trinajstić information content (AvgIpc) is 3.03. The van der Waals surface area contributed by atoms with Crippen molar-refractivity contribution in [3.63, 3.8) is 0 Å². The Bertz CT molecular complexity index is 1090. The van der Waals surface area contributed by atoms with Gasteiger partial charge in [-0.25, -0.2) is 4.79 Å². The van der Waals surface area contributed by atoms with Crippen molar-refractivity contribution in [2.24, 2.45) is 0 Å². The zero-order valence-corrected chi connectivity index (χ0v) is 16.5. The first kappa shape index (κ1) is 20.2. The van der Waals surface area contributed by atoms with E-state index in [-0.39, 0.29) is 30.2 Å². The van der Waals surface area contributed by atoms with Gasteiger partial charge in [0, 0.05) is 37.2 Å². The van der Waals surface area contributed by atoms with Gasteiger partial charge in [0.05, 0.1) is 13.5 Å². The molecule has 2 aromatic heterocycles. The number of aryl methyl sites for hydroxylation is 1. The number of hydrogen-bond donors (Lipinski definition) is 2. The zero-order chi connectivity index (χ0) is 21.0. The fraction of sp³-hybridized carbons (Fsp3) is 0.286. The van der Waals surface area contributed by atoms with E-state index >= 15 is 0 Å². The predicted octanol–water partition coefficient (Wildman–Crippen LogP) is 2.16. The van der Waals surface area contributed by atoms with Gasteiger partial charge in [-0.15, -0.1) is 0 Å². The van der Waals surface area contributed by atoms with Gasteiger partial charge in [-0.2, -0.15) is 0 Å². The number of carbonyl (C=O) groups excluding carboxylic acids is 2. The lowest BCUT2D eigenvalue weighted by Crippen LogP contribution is -2.34. The maximum atomic E-state index is 12.5. The first-order chi connectivity index (χ1) is 13.9. The number of methoxy groups -OCH3 is 1. The number of benzene rings is 1. The van der Waals surface area contributed by atoms with Crippen molar-refractivity contribution in [3.05, 3.63) is 52.1 Å². The van der Waals surface area contributed by atoms with Crippen LogP contribution in [0.1, 0.15) is 18.2 Å². The second-order valence-corrected chi connectivity index (χ2v) is 6.53. The number of nitrogens with one attached hydrogen (secondary N) is 2. The maximum Gasteiger partial charge on any atom is 0.347 e. The molecular formula is C21H22N2O6. The molecule has 0 fully saturated rings. The topological polar surface area (TPSA) is 111 Å². The van der Waals surface area contributed by atoms with Crippen LogP contribution >= 0.6 is 0 Å². The second-order valence-electron chi connectivity index (χ2n) is 6.53. The number of ether oxygens (including phenoxy) is 1. The van der Waals surface area contributed by atoms with Crippen molar-refractivity contribution in [2.75, 3.05) is 20.2 Å². The highest BCUT2D eigenvalue weighted by molar-refractivity contribution is 5.92. The van der Waals surface area contributed by atoms with Crippen LogP contribution in [-0.4, -0.2) is 32.0 Å². The van der Waals surface area contributed by atoms with Gasteiger partial charge in [0.15, 0.2) is 0 Å². The Kier molecular flexibility index (Phi) is 6.01. The Labute approximate surface area is 166 Å². The minimum atomic E-state index is -0.551. The molecule has 0 aliphatic carbocycles. The molecule has 0 aliphatic rings. The van der Waals surface area contributed by atoms with Crippen LogP contribution in [0.15, 0.2) is 44.0 Å². The molecule has 0 aliphatic heterocycles. The minimum absolute atomic E-state index is 0.0672. The third-order valence-electron chi connectivity index (χ3n) is 4.34. The monoisotopic (exact) mass is 398 g/mol. The van der Waals surface area contributed by atoms with Gasteiger partial charge in [0.25, 0.3) is 0 Å². The Morgan fingerprint density at radius 1 is 1.07 bits per heavy atom. The fourth-order valence-electron chi connectivity index (χ4n) is 3.03. The maximum absolute atomic E-state index is 12.5. The summed E-state index contributed by atoms with van der Waals surface area (Å²) in [6.07, 6.45) is -0.0672. The molecule has 29 heavy (non-hydrogen) atoms. The van der Waals surface area contributed by atoms with E-state index in [1.165, 1.54) is 6.92 Å². The van der Waals surface area contributed by atoms with Gasteiger partial charge in [-0.1, -0.05) is 0 Å². The van der Waals surface area contributed by atoms with E-state index in [4.69, 9.17) is 13.6 Å². The van der Waals surface area contributed by atoms with Crippen LogP contribution in [0, 0.1) is 6.92 Å². The van der Waals surface area contributed by atoms with Crippen molar-refractivity contribution >= 4 is 22.8 Å². The highest BCUT2D eigenvalue weighted by Gasteiger charge is 2.22. The zero-order valence-electron chi connectivity index (χ0n) is 16.5. The Morgan fingerprint density at radius 3 is 2.41 bits per heavy atom. The van der Waals surface area contributed by atoms with Crippen LogP contribution in [0.3, 0.4) is 0 Å². The molecule has 0 atom stereocenters. The molecule has 0 bridgehead atoms. The van der Waals surface area contributed by atoms with Crippen LogP contribution < -0.4 is 21.0 Å². The molecule has 0 unspecified atom stereocenters.